The van der Waals surface area contributed by atoms with Crippen LogP contribution in [0, 0.1) is 0 Å². The molecule has 114 valence electrons. The molecule has 0 aliphatic heterocycles. The molecule has 1 aromatic carbocycles. The minimum atomic E-state index is -0.331. The lowest BCUT2D eigenvalue weighted by molar-refractivity contribution is -0.144. The van der Waals surface area contributed by atoms with Gasteiger partial charge in [-0.25, -0.2) is 4.98 Å². The van der Waals surface area contributed by atoms with Crippen LogP contribution in [0.3, 0.4) is 0 Å². The van der Waals surface area contributed by atoms with Crippen LogP contribution in [0.25, 0.3) is 0 Å². The average molecular weight is 319 g/mol. The van der Waals surface area contributed by atoms with Crippen molar-refractivity contribution in [2.45, 2.75) is 20.0 Å². The molecule has 1 heterocycles. The fourth-order valence-corrected chi connectivity index (χ4v) is 1.89. The van der Waals surface area contributed by atoms with Crippen LogP contribution in [0.2, 0.25) is 5.15 Å². The van der Waals surface area contributed by atoms with Crippen LogP contribution in [-0.2, 0) is 27.4 Å². The highest BCUT2D eigenvalue weighted by Gasteiger charge is 2.06. The van der Waals surface area contributed by atoms with Crippen molar-refractivity contribution in [2.75, 3.05) is 5.32 Å². The van der Waals surface area contributed by atoms with E-state index in [2.05, 4.69) is 10.3 Å². The number of nitrogens with one attached hydrogen (secondary N) is 1. The van der Waals surface area contributed by atoms with Crippen molar-refractivity contribution in [2.24, 2.45) is 0 Å². The lowest BCUT2D eigenvalue weighted by Crippen LogP contribution is -2.09. The number of hydrogen-bond acceptors (Lipinski definition) is 4. The maximum Gasteiger partial charge on any atom is 0.310 e. The second-order valence-electron chi connectivity index (χ2n) is 4.70. The van der Waals surface area contributed by atoms with E-state index in [9.17, 15) is 9.59 Å². The predicted molar refractivity (Wildman–Crippen MR) is 83.5 cm³/mol. The summed E-state index contributed by atoms with van der Waals surface area (Å²) in [6.45, 7) is 1.60. The number of esters is 1. The van der Waals surface area contributed by atoms with Gasteiger partial charge in [0.05, 0.1) is 6.42 Å². The van der Waals surface area contributed by atoms with Gasteiger partial charge in [0.25, 0.3) is 0 Å². The molecule has 1 amide bonds. The summed E-state index contributed by atoms with van der Waals surface area (Å²) in [5.74, 6) is -0.467. The van der Waals surface area contributed by atoms with Gasteiger partial charge in [-0.2, -0.15) is 0 Å². The van der Waals surface area contributed by atoms with Gasteiger partial charge in [-0.05, 0) is 23.8 Å². The first-order valence-electron chi connectivity index (χ1n) is 6.65. The summed E-state index contributed by atoms with van der Waals surface area (Å²) in [7, 11) is 0. The Hall–Kier alpha value is -2.40. The molecule has 1 aromatic heterocycles. The van der Waals surface area contributed by atoms with Crippen molar-refractivity contribution in [3.63, 3.8) is 0 Å². The molecule has 1 N–H and O–H groups in total. The fourth-order valence-electron chi connectivity index (χ4n) is 1.78. The molecular weight excluding hydrogens is 304 g/mol. The van der Waals surface area contributed by atoms with E-state index in [0.717, 1.165) is 11.1 Å². The van der Waals surface area contributed by atoms with Gasteiger partial charge in [-0.1, -0.05) is 29.8 Å². The molecule has 5 nitrogen and oxygen atoms in total. The number of carbonyl (C=O) groups is 2. The lowest BCUT2D eigenvalue weighted by Gasteiger charge is -2.06. The van der Waals surface area contributed by atoms with Crippen LogP contribution in [0.15, 0.2) is 42.6 Å². The van der Waals surface area contributed by atoms with Gasteiger partial charge in [0.2, 0.25) is 5.91 Å². The van der Waals surface area contributed by atoms with Crippen LogP contribution >= 0.6 is 11.6 Å². The standard InChI is InChI=1S/C16H15ClN2O3/c1-11(20)19-14-5-2-12(3-6-14)8-16(21)22-10-13-4-7-15(17)18-9-13/h2-7,9H,8,10H2,1H3,(H,19,20). The highest BCUT2D eigenvalue weighted by atomic mass is 35.5. The Bertz CT molecular complexity index is 654. The topological polar surface area (TPSA) is 68.3 Å². The van der Waals surface area contributed by atoms with Gasteiger partial charge in [0, 0.05) is 24.4 Å². The highest BCUT2D eigenvalue weighted by molar-refractivity contribution is 6.29. The van der Waals surface area contributed by atoms with Gasteiger partial charge in [-0.15, -0.1) is 0 Å². The number of anilines is 1. The largest absolute Gasteiger partial charge is 0.460 e. The van der Waals surface area contributed by atoms with Gasteiger partial charge >= 0.3 is 5.97 Å². The Kier molecular flexibility index (Phi) is 5.49. The summed E-state index contributed by atoms with van der Waals surface area (Å²) in [6, 6.07) is 10.4. The van der Waals surface area contributed by atoms with E-state index >= 15 is 0 Å². The molecule has 0 aliphatic rings. The molecular formula is C16H15ClN2O3. The molecule has 0 saturated carbocycles. The maximum absolute atomic E-state index is 11.8. The Morgan fingerprint density at radius 1 is 1.14 bits per heavy atom. The van der Waals surface area contributed by atoms with E-state index in [0.29, 0.717) is 10.8 Å². The summed E-state index contributed by atoms with van der Waals surface area (Å²) in [5, 5.41) is 3.06. The summed E-state index contributed by atoms with van der Waals surface area (Å²) >= 11 is 5.68. The summed E-state index contributed by atoms with van der Waals surface area (Å²) in [5.41, 5.74) is 2.28. The van der Waals surface area contributed by atoms with Gasteiger partial charge < -0.3 is 10.1 Å². The van der Waals surface area contributed by atoms with E-state index < -0.39 is 0 Å². The number of aromatic nitrogens is 1. The average Bonchev–Trinajstić information content (AvgIpc) is 2.48. The lowest BCUT2D eigenvalue weighted by atomic mass is 10.1. The first-order chi connectivity index (χ1) is 10.5. The molecule has 2 aromatic rings. The number of benzene rings is 1. The zero-order valence-electron chi connectivity index (χ0n) is 12.0. The number of ether oxygens (including phenoxy) is 1. The molecule has 0 saturated heterocycles. The second-order valence-corrected chi connectivity index (χ2v) is 5.09. The summed E-state index contributed by atoms with van der Waals surface area (Å²) < 4.78 is 5.17. The molecule has 0 atom stereocenters. The van der Waals surface area contributed by atoms with Crippen molar-refractivity contribution in [1.29, 1.82) is 0 Å². The molecule has 2 rings (SSSR count). The molecule has 22 heavy (non-hydrogen) atoms. The zero-order chi connectivity index (χ0) is 15.9. The summed E-state index contributed by atoms with van der Waals surface area (Å²) in [4.78, 5) is 26.6. The zero-order valence-corrected chi connectivity index (χ0v) is 12.8. The first kappa shape index (κ1) is 16.0. The SMILES string of the molecule is CC(=O)Nc1ccc(CC(=O)OCc2ccc(Cl)nc2)cc1. The molecule has 0 fully saturated rings. The van der Waals surface area contributed by atoms with Crippen molar-refractivity contribution in [3.8, 4) is 0 Å². The summed E-state index contributed by atoms with van der Waals surface area (Å²) in [6.07, 6.45) is 1.74. The molecule has 6 heteroatoms. The maximum atomic E-state index is 11.8. The second kappa shape index (κ2) is 7.56. The number of amides is 1. The van der Waals surface area contributed by atoms with Gasteiger partial charge in [0.15, 0.2) is 0 Å². The van der Waals surface area contributed by atoms with Crippen LogP contribution in [0.1, 0.15) is 18.1 Å². The highest BCUT2D eigenvalue weighted by Crippen LogP contribution is 2.11. The molecule has 0 spiro atoms. The predicted octanol–water partition coefficient (Wildman–Crippen LogP) is 2.98. The monoisotopic (exact) mass is 318 g/mol. The minimum Gasteiger partial charge on any atom is -0.460 e. The van der Waals surface area contributed by atoms with Crippen molar-refractivity contribution < 1.29 is 14.3 Å². The van der Waals surface area contributed by atoms with E-state index in [-0.39, 0.29) is 24.9 Å². The van der Waals surface area contributed by atoms with E-state index in [1.807, 2.05) is 0 Å². The molecule has 0 unspecified atom stereocenters. The number of pyridine rings is 1. The van der Waals surface area contributed by atoms with Crippen molar-refractivity contribution in [3.05, 3.63) is 58.9 Å². The Labute approximate surface area is 133 Å². The smallest absolute Gasteiger partial charge is 0.310 e. The molecule has 0 aliphatic carbocycles. The van der Waals surface area contributed by atoms with E-state index in [1.54, 1.807) is 42.6 Å². The number of carbonyl (C=O) groups excluding carboxylic acids is 2. The fraction of sp³-hybridized carbons (Fsp3) is 0.188. The first-order valence-corrected chi connectivity index (χ1v) is 7.03. The Balaban J connectivity index is 1.83. The number of halogens is 1. The van der Waals surface area contributed by atoms with E-state index in [1.165, 1.54) is 6.92 Å². The molecule has 0 radical (unpaired) electrons. The van der Waals surface area contributed by atoms with Gasteiger partial charge in [0.1, 0.15) is 11.8 Å². The third kappa shape index (κ3) is 5.18. The van der Waals surface area contributed by atoms with Crippen LogP contribution in [0.4, 0.5) is 5.69 Å². The normalized spacial score (nSPS) is 10.1. The Morgan fingerprint density at radius 3 is 2.41 bits per heavy atom. The Morgan fingerprint density at radius 2 is 1.82 bits per heavy atom. The van der Waals surface area contributed by atoms with Crippen LogP contribution < -0.4 is 5.32 Å². The third-order valence-corrected chi connectivity index (χ3v) is 3.03. The number of rotatable bonds is 5. The number of nitrogens with zero attached hydrogens (tertiary/aromatic N) is 1. The van der Waals surface area contributed by atoms with E-state index in [4.69, 9.17) is 16.3 Å². The quantitative estimate of drug-likeness (QED) is 0.679. The minimum absolute atomic E-state index is 0.135. The van der Waals surface area contributed by atoms with Crippen molar-refractivity contribution >= 4 is 29.2 Å². The van der Waals surface area contributed by atoms with Crippen LogP contribution in [-0.4, -0.2) is 16.9 Å². The van der Waals surface area contributed by atoms with Gasteiger partial charge in [-0.3, -0.25) is 9.59 Å². The van der Waals surface area contributed by atoms with Crippen LogP contribution in [0.5, 0.6) is 0 Å². The number of hydrogen-bond donors (Lipinski definition) is 1. The third-order valence-electron chi connectivity index (χ3n) is 2.81. The molecule has 0 bridgehead atoms. The van der Waals surface area contributed by atoms with Crippen molar-refractivity contribution in [1.82, 2.24) is 4.98 Å².